The summed E-state index contributed by atoms with van der Waals surface area (Å²) in [6.07, 6.45) is 1.66. The van der Waals surface area contributed by atoms with Crippen molar-refractivity contribution in [1.29, 1.82) is 0 Å². The van der Waals surface area contributed by atoms with Crippen molar-refractivity contribution in [3.8, 4) is 0 Å². The van der Waals surface area contributed by atoms with Gasteiger partial charge in [-0.05, 0) is 52.3 Å². The van der Waals surface area contributed by atoms with Gasteiger partial charge in [0, 0.05) is 30.4 Å². The van der Waals surface area contributed by atoms with Gasteiger partial charge in [0.25, 0.3) is 11.5 Å². The molecule has 148 valence electrons. The van der Waals surface area contributed by atoms with Crippen LogP contribution in [-0.2, 0) is 6.54 Å². The highest BCUT2D eigenvalue weighted by atomic mass is 16.1. The first-order valence-corrected chi connectivity index (χ1v) is 9.41. The van der Waals surface area contributed by atoms with Gasteiger partial charge in [-0.1, -0.05) is 0 Å². The number of nitrogens with one attached hydrogen (secondary N) is 3. The van der Waals surface area contributed by atoms with Crippen LogP contribution in [0.1, 0.15) is 54.0 Å². The molecule has 1 amide bonds. The topological polar surface area (TPSA) is 105 Å². The van der Waals surface area contributed by atoms with Crippen LogP contribution in [0.3, 0.4) is 0 Å². The number of nitrogens with zero attached hydrogens (tertiary/aromatic N) is 3. The van der Waals surface area contributed by atoms with Crippen LogP contribution in [0, 0.1) is 13.8 Å². The zero-order valence-electron chi connectivity index (χ0n) is 16.9. The molecule has 0 aliphatic carbocycles. The van der Waals surface area contributed by atoms with Crippen LogP contribution in [0.15, 0.2) is 23.1 Å². The number of carbonyl (C=O) groups is 1. The monoisotopic (exact) mass is 382 g/mol. The van der Waals surface area contributed by atoms with Crippen molar-refractivity contribution >= 4 is 22.8 Å². The zero-order chi connectivity index (χ0) is 20.4. The summed E-state index contributed by atoms with van der Waals surface area (Å²) in [5.41, 5.74) is 3.15. The van der Waals surface area contributed by atoms with Crippen LogP contribution in [0.5, 0.6) is 0 Å². The molecule has 3 aromatic rings. The highest BCUT2D eigenvalue weighted by Crippen LogP contribution is 2.23. The van der Waals surface area contributed by atoms with Crippen LogP contribution in [0.4, 0.5) is 5.82 Å². The Morgan fingerprint density at radius 3 is 2.68 bits per heavy atom. The fourth-order valence-corrected chi connectivity index (χ4v) is 3.22. The minimum Gasteiger partial charge on any atom is -0.370 e. The summed E-state index contributed by atoms with van der Waals surface area (Å²) in [4.78, 5) is 32.5. The maximum absolute atomic E-state index is 12.9. The summed E-state index contributed by atoms with van der Waals surface area (Å²) in [6.45, 7) is 10.5. The highest BCUT2D eigenvalue weighted by Gasteiger charge is 2.18. The lowest BCUT2D eigenvalue weighted by Crippen LogP contribution is -2.28. The molecule has 3 aromatic heterocycles. The molecule has 0 spiro atoms. The molecule has 0 aliphatic rings. The van der Waals surface area contributed by atoms with E-state index in [1.807, 2.05) is 40.7 Å². The molecule has 8 heteroatoms. The van der Waals surface area contributed by atoms with Gasteiger partial charge in [0.1, 0.15) is 5.82 Å². The number of rotatable bonds is 6. The van der Waals surface area contributed by atoms with Gasteiger partial charge < -0.3 is 15.6 Å². The molecule has 0 atom stereocenters. The lowest BCUT2D eigenvalue weighted by molar-refractivity contribution is 0.0952. The second kappa shape index (κ2) is 7.84. The number of hydrogen-bond donors (Lipinski definition) is 3. The van der Waals surface area contributed by atoms with E-state index in [0.29, 0.717) is 34.5 Å². The molecule has 0 fully saturated rings. The van der Waals surface area contributed by atoms with E-state index in [-0.39, 0.29) is 24.1 Å². The molecule has 0 aliphatic heterocycles. The van der Waals surface area contributed by atoms with Gasteiger partial charge in [0.15, 0.2) is 5.65 Å². The number of aromatic amines is 1. The average molecular weight is 382 g/mol. The Bertz CT molecular complexity index is 1080. The maximum Gasteiger partial charge on any atom is 0.253 e. The highest BCUT2D eigenvalue weighted by molar-refractivity contribution is 6.06. The average Bonchev–Trinajstić information content (AvgIpc) is 3.04. The smallest absolute Gasteiger partial charge is 0.253 e. The Balaban J connectivity index is 1.96. The molecule has 3 rings (SSSR count). The molecule has 8 nitrogen and oxygen atoms in total. The SMILES string of the molecule is CCNc1cc(C(=O)NCc2c(C)cc(C)[nH]c2=O)c2cnn(C(C)C)c2n1. The van der Waals surface area contributed by atoms with Gasteiger partial charge in [-0.3, -0.25) is 9.59 Å². The Kier molecular flexibility index (Phi) is 5.48. The first-order valence-electron chi connectivity index (χ1n) is 9.41. The second-order valence-corrected chi connectivity index (χ2v) is 7.13. The predicted molar refractivity (Wildman–Crippen MR) is 110 cm³/mol. The van der Waals surface area contributed by atoms with Crippen molar-refractivity contribution in [3.63, 3.8) is 0 Å². The van der Waals surface area contributed by atoms with Crippen LogP contribution >= 0.6 is 0 Å². The summed E-state index contributed by atoms with van der Waals surface area (Å²) in [5.74, 6) is 0.348. The molecule has 3 heterocycles. The van der Waals surface area contributed by atoms with Gasteiger partial charge in [0.2, 0.25) is 0 Å². The van der Waals surface area contributed by atoms with Crippen molar-refractivity contribution in [2.45, 2.75) is 47.2 Å². The molecule has 0 saturated heterocycles. The van der Waals surface area contributed by atoms with Crippen molar-refractivity contribution in [1.82, 2.24) is 25.1 Å². The van der Waals surface area contributed by atoms with Crippen molar-refractivity contribution in [3.05, 3.63) is 51.1 Å². The first-order chi connectivity index (χ1) is 13.3. The maximum atomic E-state index is 12.9. The van der Waals surface area contributed by atoms with E-state index < -0.39 is 0 Å². The van der Waals surface area contributed by atoms with Gasteiger partial charge in [-0.15, -0.1) is 0 Å². The number of hydrogen-bond acceptors (Lipinski definition) is 5. The molecule has 0 unspecified atom stereocenters. The van der Waals surface area contributed by atoms with Crippen LogP contribution < -0.4 is 16.2 Å². The number of aryl methyl sites for hydroxylation is 2. The third-order valence-corrected chi connectivity index (χ3v) is 4.58. The largest absolute Gasteiger partial charge is 0.370 e. The van der Waals surface area contributed by atoms with Crippen molar-refractivity contribution in [2.75, 3.05) is 11.9 Å². The van der Waals surface area contributed by atoms with Gasteiger partial charge >= 0.3 is 0 Å². The van der Waals surface area contributed by atoms with Crippen molar-refractivity contribution in [2.24, 2.45) is 0 Å². The van der Waals surface area contributed by atoms with E-state index in [4.69, 9.17) is 0 Å². The number of aromatic nitrogens is 4. The Labute approximate surface area is 163 Å². The van der Waals surface area contributed by atoms with Gasteiger partial charge in [0.05, 0.1) is 17.1 Å². The third-order valence-electron chi connectivity index (χ3n) is 4.58. The van der Waals surface area contributed by atoms with Crippen LogP contribution in [-0.4, -0.2) is 32.2 Å². The molecular formula is C20H26N6O2. The fourth-order valence-electron chi connectivity index (χ4n) is 3.22. The number of H-pyrrole nitrogens is 1. The summed E-state index contributed by atoms with van der Waals surface area (Å²) in [7, 11) is 0. The number of amides is 1. The summed E-state index contributed by atoms with van der Waals surface area (Å²) in [5, 5.41) is 11.1. The molecule has 0 radical (unpaired) electrons. The Hall–Kier alpha value is -3.16. The standard InChI is InChI=1S/C20H26N6O2/c1-6-21-17-8-14(16-10-23-26(11(2)3)18(16)25-17)19(27)22-9-15-12(4)7-13(5)24-20(15)28/h7-8,10-11H,6,9H2,1-5H3,(H,21,25)(H,22,27)(H,24,28). The number of carbonyl (C=O) groups excluding carboxylic acids is 1. The van der Waals surface area contributed by atoms with Crippen LogP contribution in [0.25, 0.3) is 11.0 Å². The van der Waals surface area contributed by atoms with E-state index in [1.165, 1.54) is 0 Å². The van der Waals surface area contributed by atoms with E-state index in [1.54, 1.807) is 16.9 Å². The molecular weight excluding hydrogens is 356 g/mol. The first kappa shape index (κ1) is 19.6. The molecule has 0 bridgehead atoms. The van der Waals surface area contributed by atoms with E-state index >= 15 is 0 Å². The van der Waals surface area contributed by atoms with E-state index in [9.17, 15) is 9.59 Å². The molecule has 28 heavy (non-hydrogen) atoms. The third kappa shape index (κ3) is 3.76. The normalized spacial score (nSPS) is 11.2. The fraction of sp³-hybridized carbons (Fsp3) is 0.400. The molecule has 0 saturated carbocycles. The lowest BCUT2D eigenvalue weighted by atomic mass is 10.1. The van der Waals surface area contributed by atoms with Gasteiger partial charge in [-0.2, -0.15) is 5.10 Å². The lowest BCUT2D eigenvalue weighted by Gasteiger charge is -2.12. The van der Waals surface area contributed by atoms with E-state index in [0.717, 1.165) is 11.3 Å². The summed E-state index contributed by atoms with van der Waals surface area (Å²) >= 11 is 0. The number of pyridine rings is 2. The van der Waals surface area contributed by atoms with Crippen LogP contribution in [0.2, 0.25) is 0 Å². The molecule has 0 aromatic carbocycles. The predicted octanol–water partition coefficient (Wildman–Crippen LogP) is 2.68. The second-order valence-electron chi connectivity index (χ2n) is 7.13. The molecule has 3 N–H and O–H groups in total. The summed E-state index contributed by atoms with van der Waals surface area (Å²) in [6, 6.07) is 3.73. The number of anilines is 1. The Morgan fingerprint density at radius 1 is 1.29 bits per heavy atom. The van der Waals surface area contributed by atoms with Crippen molar-refractivity contribution < 1.29 is 4.79 Å². The number of fused-ring (bicyclic) bond motifs is 1. The van der Waals surface area contributed by atoms with E-state index in [2.05, 4.69) is 25.7 Å². The van der Waals surface area contributed by atoms with Gasteiger partial charge in [-0.25, -0.2) is 9.67 Å². The Morgan fingerprint density at radius 2 is 2.04 bits per heavy atom. The summed E-state index contributed by atoms with van der Waals surface area (Å²) < 4.78 is 1.79. The minimum atomic E-state index is -0.269. The zero-order valence-corrected chi connectivity index (χ0v) is 16.9. The minimum absolute atomic E-state index is 0.117. The quantitative estimate of drug-likeness (QED) is 0.608.